The summed E-state index contributed by atoms with van der Waals surface area (Å²) in [5, 5.41) is 0. The second kappa shape index (κ2) is 6.55. The molecule has 1 aromatic carbocycles. The highest BCUT2D eigenvalue weighted by Crippen LogP contribution is 2.28. The fourth-order valence-corrected chi connectivity index (χ4v) is 2.93. The van der Waals surface area contributed by atoms with Crippen LogP contribution in [0.2, 0.25) is 0 Å². The van der Waals surface area contributed by atoms with Gasteiger partial charge in [0, 0.05) is 11.1 Å². The topological polar surface area (TPSA) is 0 Å². The molecule has 0 unspecified atom stereocenters. The molecule has 0 spiro atoms. The Balaban J connectivity index is 0.00000180. The van der Waals surface area contributed by atoms with Crippen LogP contribution in [0.25, 0.3) is 0 Å². The lowest BCUT2D eigenvalue weighted by Gasteiger charge is -2.37. The van der Waals surface area contributed by atoms with Crippen molar-refractivity contribution < 1.29 is 32.9 Å². The number of hydrogen-bond donors (Lipinski definition) is 0. The fourth-order valence-electron chi connectivity index (χ4n) is 2.93. The van der Waals surface area contributed by atoms with E-state index in [0.29, 0.717) is 0 Å². The van der Waals surface area contributed by atoms with Gasteiger partial charge in [-0.1, -0.05) is 24.3 Å². The van der Waals surface area contributed by atoms with Crippen LogP contribution in [0.5, 0.6) is 0 Å². The van der Waals surface area contributed by atoms with Crippen LogP contribution in [0.1, 0.15) is 25.0 Å². The normalized spacial score (nSPS) is 16.8. The molecule has 0 fully saturated rings. The van der Waals surface area contributed by atoms with Gasteiger partial charge in [-0.15, -0.1) is 0 Å². The lowest BCUT2D eigenvalue weighted by Crippen LogP contribution is -3.00. The van der Waals surface area contributed by atoms with E-state index < -0.39 is 0 Å². The van der Waals surface area contributed by atoms with Crippen LogP contribution in [0, 0.1) is 0 Å². The molecule has 19 heavy (non-hydrogen) atoms. The maximum atomic E-state index is 2.41. The molecule has 1 aromatic rings. The summed E-state index contributed by atoms with van der Waals surface area (Å²) in [6.45, 7) is 12.1. The van der Waals surface area contributed by atoms with Crippen molar-refractivity contribution in [1.82, 2.24) is 0 Å². The summed E-state index contributed by atoms with van der Waals surface area (Å²) in [5.41, 5.74) is 3.12. The molecule has 1 aliphatic heterocycles. The van der Waals surface area contributed by atoms with Crippen molar-refractivity contribution >= 4 is 0 Å². The molecular formula is C16H28IN2+. The zero-order chi connectivity index (χ0) is 13.2. The zero-order valence-electron chi connectivity index (χ0n) is 12.8. The Morgan fingerprint density at radius 3 is 1.95 bits per heavy atom. The number of fused-ring (bicyclic) bond motifs is 1. The first-order valence-corrected chi connectivity index (χ1v) is 7.24. The molecule has 1 heterocycles. The highest BCUT2D eigenvalue weighted by molar-refractivity contribution is 5.27. The van der Waals surface area contributed by atoms with Gasteiger partial charge in [-0.3, -0.25) is 0 Å². The van der Waals surface area contributed by atoms with E-state index in [-0.39, 0.29) is 24.0 Å². The summed E-state index contributed by atoms with van der Waals surface area (Å²) in [5.74, 6) is 0. The number of quaternary nitrogens is 2. The van der Waals surface area contributed by atoms with E-state index in [2.05, 4.69) is 52.2 Å². The molecule has 0 atom stereocenters. The molecule has 2 nitrogen and oxygen atoms in total. The van der Waals surface area contributed by atoms with Gasteiger partial charge in [0.05, 0.1) is 27.2 Å². The first-order chi connectivity index (χ1) is 8.50. The van der Waals surface area contributed by atoms with Gasteiger partial charge < -0.3 is 32.9 Å². The maximum absolute atomic E-state index is 2.41. The minimum absolute atomic E-state index is 0. The Bertz CT molecular complexity index is 388. The molecule has 1 aliphatic rings. The Labute approximate surface area is 135 Å². The number of halogens is 1. The third kappa shape index (κ3) is 3.92. The van der Waals surface area contributed by atoms with Gasteiger partial charge in [0.15, 0.2) is 0 Å². The van der Waals surface area contributed by atoms with E-state index in [1.807, 2.05) is 0 Å². The number of rotatable bonds is 5. The minimum Gasteiger partial charge on any atom is -1.00 e. The van der Waals surface area contributed by atoms with Gasteiger partial charge >= 0.3 is 0 Å². The zero-order valence-corrected chi connectivity index (χ0v) is 15.0. The quantitative estimate of drug-likeness (QED) is 0.487. The molecule has 0 aromatic heterocycles. The largest absolute Gasteiger partial charge is 1.00 e. The Morgan fingerprint density at radius 2 is 1.53 bits per heavy atom. The lowest BCUT2D eigenvalue weighted by atomic mass is 10.1. The molecule has 2 rings (SSSR count). The Hall–Kier alpha value is -0.130. The van der Waals surface area contributed by atoms with Gasteiger partial charge in [-0.05, 0) is 13.8 Å². The van der Waals surface area contributed by atoms with Crippen molar-refractivity contribution in [3.05, 3.63) is 35.4 Å². The summed E-state index contributed by atoms with van der Waals surface area (Å²) >= 11 is 0. The van der Waals surface area contributed by atoms with E-state index >= 15 is 0 Å². The molecule has 0 bridgehead atoms. The number of likely N-dealkylation sites (N-methyl/N-ethyl adjacent to an activating group) is 2. The molecule has 108 valence electrons. The maximum Gasteiger partial charge on any atom is 0.129 e. The van der Waals surface area contributed by atoms with Crippen LogP contribution in [0.4, 0.5) is 0 Å². The Morgan fingerprint density at radius 1 is 1.05 bits per heavy atom. The summed E-state index contributed by atoms with van der Waals surface area (Å²) in [7, 11) is 4.80. The van der Waals surface area contributed by atoms with Gasteiger partial charge in [0.25, 0.3) is 0 Å². The SMILES string of the molecule is CC[N+](C)(CC)CC[N+]1(C)Cc2ccccc2C1.[I-]. The number of benzene rings is 1. The van der Waals surface area contributed by atoms with Crippen LogP contribution in [0.15, 0.2) is 24.3 Å². The van der Waals surface area contributed by atoms with Crippen molar-refractivity contribution in [1.29, 1.82) is 0 Å². The van der Waals surface area contributed by atoms with Gasteiger partial charge in [0.1, 0.15) is 26.2 Å². The van der Waals surface area contributed by atoms with Crippen molar-refractivity contribution in [2.75, 3.05) is 40.3 Å². The summed E-state index contributed by atoms with van der Waals surface area (Å²) in [6, 6.07) is 8.94. The predicted molar refractivity (Wildman–Crippen MR) is 77.0 cm³/mol. The summed E-state index contributed by atoms with van der Waals surface area (Å²) in [6.07, 6.45) is 0. The molecule has 0 aliphatic carbocycles. The van der Waals surface area contributed by atoms with E-state index in [1.165, 1.54) is 48.2 Å². The van der Waals surface area contributed by atoms with E-state index in [1.54, 1.807) is 11.1 Å². The van der Waals surface area contributed by atoms with Crippen molar-refractivity contribution in [2.24, 2.45) is 0 Å². The lowest BCUT2D eigenvalue weighted by molar-refractivity contribution is -0.972. The highest BCUT2D eigenvalue weighted by atomic mass is 127. The first kappa shape index (κ1) is 16.9. The van der Waals surface area contributed by atoms with Gasteiger partial charge in [0.2, 0.25) is 0 Å². The molecule has 3 heteroatoms. The van der Waals surface area contributed by atoms with Crippen LogP contribution in [-0.4, -0.2) is 49.2 Å². The van der Waals surface area contributed by atoms with Crippen LogP contribution < -0.4 is 24.0 Å². The smallest absolute Gasteiger partial charge is 0.129 e. The van der Waals surface area contributed by atoms with E-state index in [9.17, 15) is 0 Å². The third-order valence-electron chi connectivity index (χ3n) is 4.93. The minimum atomic E-state index is 0. The van der Waals surface area contributed by atoms with Crippen molar-refractivity contribution in [3.63, 3.8) is 0 Å². The van der Waals surface area contributed by atoms with Crippen LogP contribution in [0.3, 0.4) is 0 Å². The van der Waals surface area contributed by atoms with Crippen molar-refractivity contribution in [2.45, 2.75) is 26.9 Å². The number of nitrogens with zero attached hydrogens (tertiary/aromatic N) is 2. The second-order valence-corrected chi connectivity index (χ2v) is 6.40. The molecule has 0 saturated heterocycles. The molecule has 0 amide bonds. The van der Waals surface area contributed by atoms with Crippen LogP contribution in [-0.2, 0) is 13.1 Å². The number of hydrogen-bond acceptors (Lipinski definition) is 0. The summed E-state index contributed by atoms with van der Waals surface area (Å²) in [4.78, 5) is 0. The van der Waals surface area contributed by atoms with Crippen molar-refractivity contribution in [3.8, 4) is 0 Å². The molecular weight excluding hydrogens is 347 g/mol. The highest BCUT2D eigenvalue weighted by Gasteiger charge is 2.33. The molecule has 0 radical (unpaired) electrons. The fraction of sp³-hybridized carbons (Fsp3) is 0.625. The average Bonchev–Trinajstić information content (AvgIpc) is 2.73. The first-order valence-electron chi connectivity index (χ1n) is 7.24. The average molecular weight is 375 g/mol. The van der Waals surface area contributed by atoms with Gasteiger partial charge in [-0.25, -0.2) is 0 Å². The van der Waals surface area contributed by atoms with Gasteiger partial charge in [-0.2, -0.15) is 0 Å². The Kier molecular flexibility index (Phi) is 5.83. The summed E-state index contributed by atoms with van der Waals surface area (Å²) < 4.78 is 2.39. The monoisotopic (exact) mass is 375 g/mol. The second-order valence-electron chi connectivity index (χ2n) is 6.40. The predicted octanol–water partition coefficient (Wildman–Crippen LogP) is -0.363. The van der Waals surface area contributed by atoms with E-state index in [4.69, 9.17) is 0 Å². The standard InChI is InChI=1S/C16H28N2.HI/c1-5-17(3,6-2)11-12-18(4)13-15-9-7-8-10-16(15)14-18;/h7-10H,5-6,11-14H2,1-4H3;1H/q+2;/p-1. The molecule has 0 saturated carbocycles. The third-order valence-corrected chi connectivity index (χ3v) is 4.93. The van der Waals surface area contributed by atoms with Crippen LogP contribution >= 0.6 is 0 Å². The van der Waals surface area contributed by atoms with E-state index in [0.717, 1.165) is 0 Å². The molecule has 0 N–H and O–H groups in total.